The van der Waals surface area contributed by atoms with Gasteiger partial charge in [0.1, 0.15) is 0 Å². The summed E-state index contributed by atoms with van der Waals surface area (Å²) in [4.78, 5) is 15.3. The van der Waals surface area contributed by atoms with E-state index in [9.17, 15) is 0 Å². The predicted molar refractivity (Wildman–Crippen MR) is 242 cm³/mol. The quantitative estimate of drug-likeness (QED) is 0.175. The summed E-state index contributed by atoms with van der Waals surface area (Å²) < 4.78 is 7.43. The first kappa shape index (κ1) is 32.3. The Labute approximate surface area is 335 Å². The van der Waals surface area contributed by atoms with Gasteiger partial charge in [0.2, 0.25) is 0 Å². The summed E-state index contributed by atoms with van der Waals surface area (Å²) in [6.07, 6.45) is 0. The van der Waals surface area contributed by atoms with Gasteiger partial charge in [-0.3, -0.25) is 0 Å². The van der Waals surface area contributed by atoms with Crippen molar-refractivity contribution in [2.75, 3.05) is 0 Å². The van der Waals surface area contributed by atoms with Crippen LogP contribution in [0.15, 0.2) is 182 Å². The molecular formula is C51H30N4S2. The normalized spacial score (nSPS) is 11.9. The molecule has 0 amide bonds. The molecule has 0 atom stereocenters. The van der Waals surface area contributed by atoms with E-state index in [1.165, 1.54) is 79.0 Å². The van der Waals surface area contributed by atoms with Gasteiger partial charge in [-0.25, -0.2) is 15.0 Å². The van der Waals surface area contributed by atoms with E-state index in [0.29, 0.717) is 17.5 Å². The summed E-state index contributed by atoms with van der Waals surface area (Å²) >= 11 is 3.68. The maximum Gasteiger partial charge on any atom is 0.164 e. The van der Waals surface area contributed by atoms with Crippen molar-refractivity contribution in [2.45, 2.75) is 0 Å². The lowest BCUT2D eigenvalue weighted by atomic mass is 9.96. The van der Waals surface area contributed by atoms with E-state index in [4.69, 9.17) is 15.0 Å². The van der Waals surface area contributed by atoms with Crippen molar-refractivity contribution in [1.82, 2.24) is 19.5 Å². The third-order valence-electron chi connectivity index (χ3n) is 11.1. The Morgan fingerprint density at radius 2 is 0.842 bits per heavy atom. The highest BCUT2D eigenvalue weighted by Gasteiger charge is 2.21. The van der Waals surface area contributed by atoms with Crippen molar-refractivity contribution < 1.29 is 0 Å². The van der Waals surface area contributed by atoms with Gasteiger partial charge in [-0.2, -0.15) is 0 Å². The molecule has 57 heavy (non-hydrogen) atoms. The van der Waals surface area contributed by atoms with Crippen LogP contribution >= 0.6 is 22.7 Å². The number of hydrogen-bond donors (Lipinski definition) is 0. The zero-order valence-electron chi connectivity index (χ0n) is 30.4. The maximum absolute atomic E-state index is 5.15. The number of nitrogens with zero attached hydrogens (tertiary/aromatic N) is 4. The summed E-state index contributed by atoms with van der Waals surface area (Å²) in [5.41, 5.74) is 8.96. The number of benzene rings is 8. The molecule has 12 aromatic rings. The third-order valence-corrected chi connectivity index (χ3v) is 13.3. The van der Waals surface area contributed by atoms with Crippen LogP contribution in [0.25, 0.3) is 113 Å². The minimum atomic E-state index is 0.659. The molecule has 0 aliphatic heterocycles. The molecule has 0 saturated carbocycles. The summed E-state index contributed by atoms with van der Waals surface area (Å²) in [7, 11) is 0. The monoisotopic (exact) mass is 762 g/mol. The van der Waals surface area contributed by atoms with E-state index < -0.39 is 0 Å². The average molecular weight is 763 g/mol. The predicted octanol–water partition coefficient (Wildman–Crippen LogP) is 14.4. The second-order valence-corrected chi connectivity index (χ2v) is 16.5. The first-order valence-electron chi connectivity index (χ1n) is 19.0. The van der Waals surface area contributed by atoms with Gasteiger partial charge in [0, 0.05) is 67.8 Å². The first-order valence-corrected chi connectivity index (χ1v) is 20.7. The van der Waals surface area contributed by atoms with Gasteiger partial charge in [0.15, 0.2) is 17.5 Å². The van der Waals surface area contributed by atoms with Gasteiger partial charge in [-0.1, -0.05) is 140 Å². The Kier molecular flexibility index (Phi) is 7.24. The minimum absolute atomic E-state index is 0.659. The highest BCUT2D eigenvalue weighted by atomic mass is 32.1. The fraction of sp³-hybridized carbons (Fsp3) is 0. The SMILES string of the molecule is c1ccc(-c2nc(-c3ccccc3)nc(-c3cccc4sc5cccc(-c6ccc7c(c6)sc6cccc(-n8c9ccccc9c9ccccc98)c67)c5c34)n2)cc1. The molecular weight excluding hydrogens is 733 g/mol. The molecule has 0 aliphatic carbocycles. The molecule has 12 rings (SSSR count). The molecule has 0 bridgehead atoms. The fourth-order valence-corrected chi connectivity index (χ4v) is 10.9. The number of rotatable bonds is 5. The summed E-state index contributed by atoms with van der Waals surface area (Å²) in [5, 5.41) is 7.49. The Balaban J connectivity index is 1.06. The topological polar surface area (TPSA) is 43.6 Å². The van der Waals surface area contributed by atoms with Gasteiger partial charge >= 0.3 is 0 Å². The van der Waals surface area contributed by atoms with E-state index in [-0.39, 0.29) is 0 Å². The van der Waals surface area contributed by atoms with Crippen molar-refractivity contribution in [2.24, 2.45) is 0 Å². The smallest absolute Gasteiger partial charge is 0.164 e. The zero-order chi connectivity index (χ0) is 37.5. The molecule has 0 N–H and O–H groups in total. The van der Waals surface area contributed by atoms with Crippen LogP contribution in [0, 0.1) is 0 Å². The molecule has 266 valence electrons. The lowest BCUT2D eigenvalue weighted by Gasteiger charge is -2.11. The number of thiophene rings is 2. The molecule has 0 radical (unpaired) electrons. The van der Waals surface area contributed by atoms with Crippen LogP contribution in [-0.4, -0.2) is 19.5 Å². The fourth-order valence-electron chi connectivity index (χ4n) is 8.57. The number of aromatic nitrogens is 4. The van der Waals surface area contributed by atoms with E-state index in [1.807, 2.05) is 59.1 Å². The van der Waals surface area contributed by atoms with Crippen LogP contribution in [0.3, 0.4) is 0 Å². The first-order chi connectivity index (χ1) is 28.3. The largest absolute Gasteiger partial charge is 0.309 e. The lowest BCUT2D eigenvalue weighted by Crippen LogP contribution is -2.00. The molecule has 8 aromatic carbocycles. The maximum atomic E-state index is 5.15. The van der Waals surface area contributed by atoms with Crippen LogP contribution in [0.1, 0.15) is 0 Å². The summed E-state index contributed by atoms with van der Waals surface area (Å²) in [6, 6.07) is 64.8. The van der Waals surface area contributed by atoms with Gasteiger partial charge < -0.3 is 4.57 Å². The Bertz CT molecular complexity index is 3410. The van der Waals surface area contributed by atoms with E-state index in [1.54, 1.807) is 0 Å². The van der Waals surface area contributed by atoms with Crippen LogP contribution in [0.5, 0.6) is 0 Å². The van der Waals surface area contributed by atoms with E-state index in [0.717, 1.165) is 16.7 Å². The minimum Gasteiger partial charge on any atom is -0.309 e. The Morgan fingerprint density at radius 1 is 0.333 bits per heavy atom. The van der Waals surface area contributed by atoms with E-state index >= 15 is 0 Å². The van der Waals surface area contributed by atoms with Crippen LogP contribution in [0.4, 0.5) is 0 Å². The van der Waals surface area contributed by atoms with Crippen LogP contribution in [0.2, 0.25) is 0 Å². The Morgan fingerprint density at radius 3 is 1.49 bits per heavy atom. The summed E-state index contributed by atoms with van der Waals surface area (Å²) in [6.45, 7) is 0. The van der Waals surface area contributed by atoms with Crippen molar-refractivity contribution in [3.8, 4) is 51.0 Å². The number of para-hydroxylation sites is 2. The molecule has 0 spiro atoms. The number of hydrogen-bond acceptors (Lipinski definition) is 5. The average Bonchev–Trinajstić information content (AvgIpc) is 3.96. The Hall–Kier alpha value is -6.99. The zero-order valence-corrected chi connectivity index (χ0v) is 32.1. The van der Waals surface area contributed by atoms with Crippen molar-refractivity contribution in [1.29, 1.82) is 0 Å². The molecule has 0 unspecified atom stereocenters. The van der Waals surface area contributed by atoms with Gasteiger partial charge in [0.05, 0.1) is 16.7 Å². The highest BCUT2D eigenvalue weighted by Crippen LogP contribution is 2.46. The number of fused-ring (bicyclic) bond motifs is 9. The van der Waals surface area contributed by atoms with Gasteiger partial charge in [0.25, 0.3) is 0 Å². The standard InChI is InChI=1S/C51H30N4S2/c1-3-14-31(15-4-1)49-52-50(32-16-5-2-6-17-32)54-51(53-49)38-21-12-26-44-48(38)47-34(20-11-25-43(47)56-44)33-28-29-37-45(30-33)57-42-27-13-24-41(46(37)42)55-39-22-9-7-18-35(39)36-19-8-10-23-40(36)55/h1-30H. The molecule has 4 heterocycles. The molecule has 4 aromatic heterocycles. The van der Waals surface area contributed by atoms with Crippen LogP contribution in [-0.2, 0) is 0 Å². The molecule has 0 saturated heterocycles. The van der Waals surface area contributed by atoms with Gasteiger partial charge in [-0.05, 0) is 53.6 Å². The van der Waals surface area contributed by atoms with Crippen molar-refractivity contribution in [3.63, 3.8) is 0 Å². The summed E-state index contributed by atoms with van der Waals surface area (Å²) in [5.74, 6) is 1.98. The molecule has 6 heteroatoms. The second kappa shape index (κ2) is 12.8. The van der Waals surface area contributed by atoms with Crippen molar-refractivity contribution >= 4 is 84.8 Å². The van der Waals surface area contributed by atoms with Crippen molar-refractivity contribution in [3.05, 3.63) is 182 Å². The van der Waals surface area contributed by atoms with E-state index in [2.05, 4.69) is 150 Å². The molecule has 0 fully saturated rings. The second-order valence-electron chi connectivity index (χ2n) is 14.3. The van der Waals surface area contributed by atoms with Gasteiger partial charge in [-0.15, -0.1) is 22.7 Å². The third kappa shape index (κ3) is 5.08. The molecule has 4 nitrogen and oxygen atoms in total. The highest BCUT2D eigenvalue weighted by molar-refractivity contribution is 7.26. The van der Waals surface area contributed by atoms with Crippen LogP contribution < -0.4 is 0 Å². The molecule has 0 aliphatic rings. The lowest BCUT2D eigenvalue weighted by molar-refractivity contribution is 1.08.